The number of benzene rings is 9. The van der Waals surface area contributed by atoms with Gasteiger partial charge < -0.3 is 14.7 Å². The minimum Gasteiger partial charge on any atom is -0.330 e. The number of hydrogen-bond acceptors (Lipinski definition) is 4. The number of anilines is 8. The van der Waals surface area contributed by atoms with E-state index < -0.39 is 5.54 Å². The van der Waals surface area contributed by atoms with Gasteiger partial charge in [0, 0.05) is 62.4 Å². The van der Waals surface area contributed by atoms with Gasteiger partial charge in [0.1, 0.15) is 0 Å². The maximum atomic E-state index is 4.91. The highest BCUT2D eigenvalue weighted by atomic mass is 15.3. The van der Waals surface area contributed by atoms with Crippen LogP contribution in [-0.2, 0) is 44.4 Å². The van der Waals surface area contributed by atoms with E-state index in [1.807, 2.05) is 12.3 Å². The third-order valence-corrected chi connectivity index (χ3v) is 22.3. The van der Waals surface area contributed by atoms with Gasteiger partial charge >= 0.3 is 0 Å². The van der Waals surface area contributed by atoms with Crippen LogP contribution in [0, 0.1) is 0 Å². The molecule has 0 amide bonds. The van der Waals surface area contributed by atoms with Crippen molar-refractivity contribution < 1.29 is 0 Å². The fourth-order valence-corrected chi connectivity index (χ4v) is 16.6. The molecule has 0 saturated carbocycles. The monoisotopic (exact) mass is 1170 g/mol. The van der Waals surface area contributed by atoms with Gasteiger partial charge in [-0.3, -0.25) is 4.98 Å². The van der Waals surface area contributed by atoms with E-state index in [1.165, 1.54) is 129 Å². The smallest absolute Gasteiger partial charge is 0.252 e. The summed E-state index contributed by atoms with van der Waals surface area (Å²) in [6.45, 7) is 36.3. The van der Waals surface area contributed by atoms with Crippen LogP contribution in [-0.4, -0.2) is 11.7 Å². The summed E-state index contributed by atoms with van der Waals surface area (Å²) in [5.41, 5.74) is 30.8. The average Bonchev–Trinajstić information content (AvgIpc) is 1.22. The molecule has 10 aromatic rings. The molecular weight excluding hydrogens is 1090 g/mol. The zero-order valence-electron chi connectivity index (χ0n) is 55.8. The molecule has 1 aromatic heterocycles. The Labute approximate surface area is 537 Å². The number of rotatable bonds is 6. The molecular formula is C85H87BN4. The predicted molar refractivity (Wildman–Crippen MR) is 384 cm³/mol. The summed E-state index contributed by atoms with van der Waals surface area (Å²) < 4.78 is 0. The van der Waals surface area contributed by atoms with Gasteiger partial charge in [-0.05, 0) is 211 Å². The van der Waals surface area contributed by atoms with Gasteiger partial charge in [0.25, 0.3) is 6.71 Å². The first-order valence-electron chi connectivity index (χ1n) is 33.2. The van der Waals surface area contributed by atoms with Crippen molar-refractivity contribution in [1.29, 1.82) is 0 Å². The molecule has 4 nitrogen and oxygen atoms in total. The molecule has 2 atom stereocenters. The van der Waals surface area contributed by atoms with E-state index in [4.69, 9.17) is 4.98 Å². The Morgan fingerprint density at radius 1 is 0.389 bits per heavy atom. The molecule has 2 aliphatic carbocycles. The maximum absolute atomic E-state index is 4.91. The quantitative estimate of drug-likeness (QED) is 0.155. The summed E-state index contributed by atoms with van der Waals surface area (Å²) in [7, 11) is 0. The van der Waals surface area contributed by atoms with Gasteiger partial charge in [0.2, 0.25) is 0 Å². The third-order valence-electron chi connectivity index (χ3n) is 22.3. The Hall–Kier alpha value is -8.41. The lowest BCUT2D eigenvalue weighted by atomic mass is 9.33. The summed E-state index contributed by atoms with van der Waals surface area (Å²) in [5.74, 6) is 0. The summed E-state index contributed by atoms with van der Waals surface area (Å²) >= 11 is 0. The van der Waals surface area contributed by atoms with Gasteiger partial charge in [-0.2, -0.15) is 0 Å². The third kappa shape index (κ3) is 8.78. The van der Waals surface area contributed by atoms with Crippen LogP contribution in [0.4, 0.5) is 45.5 Å². The summed E-state index contributed by atoms with van der Waals surface area (Å²) in [4.78, 5) is 13.1. The summed E-state index contributed by atoms with van der Waals surface area (Å²) in [6.07, 6.45) is 6.23. The van der Waals surface area contributed by atoms with Crippen molar-refractivity contribution >= 4 is 68.6 Å². The van der Waals surface area contributed by atoms with Crippen LogP contribution in [0.15, 0.2) is 206 Å². The van der Waals surface area contributed by atoms with E-state index in [9.17, 15) is 0 Å². The Bertz CT molecular complexity index is 4540. The average molecular weight is 1180 g/mol. The molecule has 0 bridgehead atoms. The van der Waals surface area contributed by atoms with Gasteiger partial charge in [-0.25, -0.2) is 0 Å². The van der Waals surface area contributed by atoms with Gasteiger partial charge in [0.05, 0.1) is 22.6 Å². The second-order valence-electron chi connectivity index (χ2n) is 31.8. The minimum atomic E-state index is -0.441. The highest BCUT2D eigenvalue weighted by molar-refractivity contribution is 7.00. The molecule has 0 N–H and O–H groups in total. The van der Waals surface area contributed by atoms with Crippen LogP contribution in [0.25, 0.3) is 33.5 Å². The zero-order valence-corrected chi connectivity index (χ0v) is 55.8. The van der Waals surface area contributed by atoms with E-state index in [0.717, 1.165) is 36.9 Å². The summed E-state index contributed by atoms with van der Waals surface area (Å²) in [6, 6.07) is 78.2. The van der Waals surface area contributed by atoms with E-state index in [-0.39, 0.29) is 39.2 Å². The minimum absolute atomic E-state index is 0.0292. The Morgan fingerprint density at radius 3 is 1.49 bits per heavy atom. The molecule has 0 saturated heterocycles. The number of pyridine rings is 1. The number of fused-ring (bicyclic) bond motifs is 10. The fraction of sp³-hybridized carbons (Fsp3) is 0.306. The fourth-order valence-electron chi connectivity index (χ4n) is 16.6. The van der Waals surface area contributed by atoms with Crippen molar-refractivity contribution in [1.82, 2.24) is 4.98 Å². The number of aromatic nitrogens is 1. The highest BCUT2D eigenvalue weighted by Gasteiger charge is 2.60. The van der Waals surface area contributed by atoms with Crippen LogP contribution < -0.4 is 31.1 Å². The van der Waals surface area contributed by atoms with Crippen LogP contribution in [0.2, 0.25) is 0 Å². The van der Waals surface area contributed by atoms with Gasteiger partial charge in [0.15, 0.2) is 0 Å². The van der Waals surface area contributed by atoms with Gasteiger partial charge in [-0.1, -0.05) is 218 Å². The van der Waals surface area contributed by atoms with E-state index in [1.54, 1.807) is 0 Å². The molecule has 3 aliphatic heterocycles. The molecule has 450 valence electrons. The first-order chi connectivity index (χ1) is 42.8. The van der Waals surface area contributed by atoms with Crippen molar-refractivity contribution in [3.63, 3.8) is 0 Å². The molecule has 0 radical (unpaired) electrons. The predicted octanol–water partition coefficient (Wildman–Crippen LogP) is 20.7. The van der Waals surface area contributed by atoms with E-state index >= 15 is 0 Å². The lowest BCUT2D eigenvalue weighted by Crippen LogP contribution is -2.62. The zero-order chi connectivity index (χ0) is 62.8. The van der Waals surface area contributed by atoms with Crippen molar-refractivity contribution in [2.24, 2.45) is 0 Å². The van der Waals surface area contributed by atoms with E-state index in [0.29, 0.717) is 0 Å². The molecule has 0 spiro atoms. The standard InChI is InChI=1S/C85H87BN4/c1-79(2,3)58-34-39-71(62(47-58)54-26-18-16-19-27-54)88-74-51-61(90-73-38-33-57(70-32-24-25-45-87-70)46-67(73)84(14)42-41-56-30-22-23-31-64(56)85(84,90)15)36-37-68(74)86-69-52-65-66(83(12,13)44-43-82(65,10)11)53-75(69)89(77-50-60(81(7,8)9)49-76(88)78(77)86)72-40-35-59(80(4,5)6)48-63(72)55-28-20-17-21-29-55/h16-40,45-53H,41-44H2,1-15H3. The van der Waals surface area contributed by atoms with Crippen LogP contribution in [0.1, 0.15) is 168 Å². The van der Waals surface area contributed by atoms with Crippen molar-refractivity contribution in [2.45, 2.75) is 168 Å². The van der Waals surface area contributed by atoms with Crippen molar-refractivity contribution in [3.8, 4) is 33.5 Å². The molecule has 90 heavy (non-hydrogen) atoms. The first kappa shape index (κ1) is 58.0. The highest BCUT2D eigenvalue weighted by Crippen LogP contribution is 2.65. The molecule has 0 fully saturated rings. The summed E-state index contributed by atoms with van der Waals surface area (Å²) in [5, 5.41) is 0. The topological polar surface area (TPSA) is 22.6 Å². The van der Waals surface area contributed by atoms with Crippen LogP contribution in [0.5, 0.6) is 0 Å². The largest absolute Gasteiger partial charge is 0.330 e. The van der Waals surface area contributed by atoms with E-state index in [2.05, 4.69) is 313 Å². The SMILES string of the molecule is CC(C)(C)c1ccc(N2c3cc(N4c5ccc(-c6ccccn6)cc5C5(C)CCc6ccccc6C45C)ccc3B3c4cc5c(cc4N(c4ccc(C(C)(C)C)cc4-c4ccccc4)c4cc(C(C)(C)C)cc2c43)C(C)(C)CCC5(C)C)c(-c2ccccc2)c1. The lowest BCUT2D eigenvalue weighted by molar-refractivity contribution is 0.245. The lowest BCUT2D eigenvalue weighted by Gasteiger charge is -2.51. The molecule has 15 rings (SSSR count). The Kier molecular flexibility index (Phi) is 12.9. The molecule has 4 heterocycles. The number of aryl methyl sites for hydroxylation is 1. The second-order valence-corrected chi connectivity index (χ2v) is 31.8. The Morgan fingerprint density at radius 2 is 0.922 bits per heavy atom. The number of nitrogens with zero attached hydrogens (tertiary/aromatic N) is 4. The number of hydrogen-bond donors (Lipinski definition) is 0. The van der Waals surface area contributed by atoms with Crippen LogP contribution >= 0.6 is 0 Å². The van der Waals surface area contributed by atoms with Crippen molar-refractivity contribution in [3.05, 3.63) is 251 Å². The van der Waals surface area contributed by atoms with Gasteiger partial charge in [-0.15, -0.1) is 0 Å². The van der Waals surface area contributed by atoms with Crippen LogP contribution in [0.3, 0.4) is 0 Å². The maximum Gasteiger partial charge on any atom is 0.252 e. The molecule has 9 aromatic carbocycles. The molecule has 5 aliphatic rings. The second kappa shape index (κ2) is 20.0. The first-order valence-corrected chi connectivity index (χ1v) is 33.2. The molecule has 5 heteroatoms. The molecule has 2 unspecified atom stereocenters. The normalized spacial score (nSPS) is 19.3. The van der Waals surface area contributed by atoms with Crippen molar-refractivity contribution in [2.75, 3.05) is 14.7 Å². The Balaban J connectivity index is 1.08.